The van der Waals surface area contributed by atoms with Gasteiger partial charge in [-0.25, -0.2) is 13.1 Å². The number of ether oxygens (including phenoxy) is 1. The molecular weight excluding hydrogens is 421 g/mol. The van der Waals surface area contributed by atoms with Crippen LogP contribution in [0, 0.1) is 0 Å². The Labute approximate surface area is 176 Å². The minimum Gasteiger partial charge on any atom is -0.495 e. The van der Waals surface area contributed by atoms with Crippen LogP contribution in [-0.2, 0) is 10.0 Å². The summed E-state index contributed by atoms with van der Waals surface area (Å²) < 4.78 is 33.0. The fourth-order valence-electron chi connectivity index (χ4n) is 3.20. The first-order valence-corrected chi connectivity index (χ1v) is 11.2. The van der Waals surface area contributed by atoms with Gasteiger partial charge in [-0.2, -0.15) is 0 Å². The van der Waals surface area contributed by atoms with Crippen molar-refractivity contribution in [2.75, 3.05) is 51.3 Å². The molecule has 1 aliphatic heterocycles. The Bertz CT molecular complexity index is 916. The van der Waals surface area contributed by atoms with Crippen molar-refractivity contribution in [3.63, 3.8) is 0 Å². The zero-order chi connectivity index (χ0) is 20.1. The SMILES string of the molecule is COc1ccccc1N1CCN(CCNS(=O)(=O)c2cc(Cl)ccc2Cl)CC1. The number of nitrogens with one attached hydrogen (secondary N) is 1. The Kier molecular flexibility index (Phi) is 7.06. The van der Waals surface area contributed by atoms with E-state index in [4.69, 9.17) is 27.9 Å². The zero-order valence-electron chi connectivity index (χ0n) is 15.6. The highest BCUT2D eigenvalue weighted by Gasteiger charge is 2.21. The lowest BCUT2D eigenvalue weighted by molar-refractivity contribution is 0.261. The summed E-state index contributed by atoms with van der Waals surface area (Å²) in [6, 6.07) is 12.4. The lowest BCUT2D eigenvalue weighted by atomic mass is 10.2. The molecule has 0 aromatic heterocycles. The third kappa shape index (κ3) is 5.10. The predicted molar refractivity (Wildman–Crippen MR) is 113 cm³/mol. The molecule has 9 heteroatoms. The number of halogens is 2. The Hall–Kier alpha value is -1.51. The summed E-state index contributed by atoms with van der Waals surface area (Å²) in [4.78, 5) is 4.52. The summed E-state index contributed by atoms with van der Waals surface area (Å²) in [5.74, 6) is 0.863. The summed E-state index contributed by atoms with van der Waals surface area (Å²) in [5.41, 5.74) is 1.08. The second-order valence-electron chi connectivity index (χ2n) is 6.47. The molecule has 0 saturated carbocycles. The molecule has 0 bridgehead atoms. The van der Waals surface area contributed by atoms with E-state index in [1.807, 2.05) is 18.2 Å². The van der Waals surface area contributed by atoms with Gasteiger partial charge < -0.3 is 9.64 Å². The summed E-state index contributed by atoms with van der Waals surface area (Å²) in [6.45, 7) is 4.33. The lowest BCUT2D eigenvalue weighted by Crippen LogP contribution is -2.48. The number of hydrogen-bond donors (Lipinski definition) is 1. The third-order valence-corrected chi connectivity index (χ3v) is 6.88. The maximum Gasteiger partial charge on any atom is 0.242 e. The minimum absolute atomic E-state index is 0.00246. The van der Waals surface area contributed by atoms with Crippen molar-refractivity contribution >= 4 is 38.9 Å². The quantitative estimate of drug-likeness (QED) is 0.711. The highest BCUT2D eigenvalue weighted by Crippen LogP contribution is 2.28. The standard InChI is InChI=1S/C19H23Cl2N3O3S/c1-27-18-5-3-2-4-17(18)24-12-10-23(11-13-24)9-8-22-28(25,26)19-14-15(20)6-7-16(19)21/h2-7,14,22H,8-13H2,1H3. The number of anilines is 1. The number of nitrogens with zero attached hydrogens (tertiary/aromatic N) is 2. The average Bonchev–Trinajstić information content (AvgIpc) is 2.70. The van der Waals surface area contributed by atoms with Crippen molar-refractivity contribution in [3.05, 3.63) is 52.5 Å². The van der Waals surface area contributed by atoms with Gasteiger partial charge in [0.05, 0.1) is 17.8 Å². The summed E-state index contributed by atoms with van der Waals surface area (Å²) in [5, 5.41) is 0.486. The average molecular weight is 444 g/mol. The molecule has 0 atom stereocenters. The van der Waals surface area contributed by atoms with Gasteiger partial charge in [0.15, 0.2) is 0 Å². The van der Waals surface area contributed by atoms with E-state index in [9.17, 15) is 8.42 Å². The van der Waals surface area contributed by atoms with E-state index in [0.717, 1.165) is 37.6 Å². The summed E-state index contributed by atoms with van der Waals surface area (Å²) in [6.07, 6.45) is 0. The van der Waals surface area contributed by atoms with Gasteiger partial charge in [0.1, 0.15) is 10.6 Å². The molecule has 1 N–H and O–H groups in total. The van der Waals surface area contributed by atoms with Crippen molar-refractivity contribution in [3.8, 4) is 5.75 Å². The zero-order valence-corrected chi connectivity index (χ0v) is 17.9. The number of rotatable bonds is 7. The number of para-hydroxylation sites is 2. The van der Waals surface area contributed by atoms with Crippen LogP contribution in [0.2, 0.25) is 10.0 Å². The van der Waals surface area contributed by atoms with Crippen LogP contribution in [-0.4, -0.2) is 59.7 Å². The van der Waals surface area contributed by atoms with E-state index < -0.39 is 10.0 Å². The molecule has 6 nitrogen and oxygen atoms in total. The smallest absolute Gasteiger partial charge is 0.242 e. The van der Waals surface area contributed by atoms with Crippen molar-refractivity contribution in [2.24, 2.45) is 0 Å². The Morgan fingerprint density at radius 2 is 1.79 bits per heavy atom. The van der Waals surface area contributed by atoms with E-state index in [2.05, 4.69) is 20.6 Å². The van der Waals surface area contributed by atoms with Crippen LogP contribution in [0.3, 0.4) is 0 Å². The normalized spacial score (nSPS) is 15.6. The summed E-state index contributed by atoms with van der Waals surface area (Å²) in [7, 11) is -2.02. The first-order chi connectivity index (χ1) is 13.4. The first kappa shape index (κ1) is 21.2. The molecule has 0 amide bonds. The van der Waals surface area contributed by atoms with Crippen LogP contribution >= 0.6 is 23.2 Å². The third-order valence-electron chi connectivity index (χ3n) is 4.70. The van der Waals surface area contributed by atoms with Crippen LogP contribution in [0.1, 0.15) is 0 Å². The molecule has 2 aromatic rings. The summed E-state index contributed by atoms with van der Waals surface area (Å²) >= 11 is 11.9. The fraction of sp³-hybridized carbons (Fsp3) is 0.368. The monoisotopic (exact) mass is 443 g/mol. The van der Waals surface area contributed by atoms with E-state index in [-0.39, 0.29) is 9.92 Å². The highest BCUT2D eigenvalue weighted by atomic mass is 35.5. The number of sulfonamides is 1. The molecule has 0 unspecified atom stereocenters. The molecule has 0 spiro atoms. The van der Waals surface area contributed by atoms with Crippen LogP contribution in [0.4, 0.5) is 5.69 Å². The molecule has 0 aliphatic carbocycles. The van der Waals surface area contributed by atoms with Gasteiger partial charge in [-0.05, 0) is 30.3 Å². The van der Waals surface area contributed by atoms with Crippen molar-refractivity contribution in [1.29, 1.82) is 0 Å². The van der Waals surface area contributed by atoms with Crippen LogP contribution in [0.15, 0.2) is 47.4 Å². The maximum absolute atomic E-state index is 12.5. The predicted octanol–water partition coefficient (Wildman–Crippen LogP) is 3.10. The van der Waals surface area contributed by atoms with Crippen molar-refractivity contribution in [2.45, 2.75) is 4.90 Å². The minimum atomic E-state index is -3.70. The maximum atomic E-state index is 12.5. The highest BCUT2D eigenvalue weighted by molar-refractivity contribution is 7.89. The molecule has 1 saturated heterocycles. The Morgan fingerprint density at radius 3 is 2.50 bits per heavy atom. The second-order valence-corrected chi connectivity index (χ2v) is 9.05. The van der Waals surface area contributed by atoms with Crippen LogP contribution in [0.5, 0.6) is 5.75 Å². The van der Waals surface area contributed by atoms with Gasteiger partial charge >= 0.3 is 0 Å². The fourth-order valence-corrected chi connectivity index (χ4v) is 4.98. The van der Waals surface area contributed by atoms with E-state index >= 15 is 0 Å². The van der Waals surface area contributed by atoms with E-state index in [1.54, 1.807) is 13.2 Å². The molecule has 1 fully saturated rings. The largest absolute Gasteiger partial charge is 0.495 e. The Balaban J connectivity index is 1.51. The van der Waals surface area contributed by atoms with Crippen molar-refractivity contribution < 1.29 is 13.2 Å². The van der Waals surface area contributed by atoms with E-state index in [0.29, 0.717) is 18.1 Å². The van der Waals surface area contributed by atoms with Gasteiger partial charge in [-0.3, -0.25) is 4.90 Å². The number of benzene rings is 2. The van der Waals surface area contributed by atoms with Gasteiger partial charge in [-0.15, -0.1) is 0 Å². The first-order valence-electron chi connectivity index (χ1n) is 8.96. The van der Waals surface area contributed by atoms with Gasteiger partial charge in [-0.1, -0.05) is 35.3 Å². The number of methoxy groups -OCH3 is 1. The molecule has 1 aliphatic rings. The number of hydrogen-bond acceptors (Lipinski definition) is 5. The topological polar surface area (TPSA) is 61.9 Å². The Morgan fingerprint density at radius 1 is 1.07 bits per heavy atom. The van der Waals surface area contributed by atoms with Crippen LogP contribution < -0.4 is 14.4 Å². The molecular formula is C19H23Cl2N3O3S. The van der Waals surface area contributed by atoms with Gasteiger partial charge in [0.2, 0.25) is 10.0 Å². The van der Waals surface area contributed by atoms with Crippen LogP contribution in [0.25, 0.3) is 0 Å². The van der Waals surface area contributed by atoms with E-state index in [1.165, 1.54) is 12.1 Å². The van der Waals surface area contributed by atoms with Gasteiger partial charge in [0, 0.05) is 44.3 Å². The molecule has 3 rings (SSSR count). The molecule has 2 aromatic carbocycles. The lowest BCUT2D eigenvalue weighted by Gasteiger charge is -2.36. The molecule has 152 valence electrons. The molecule has 1 heterocycles. The van der Waals surface area contributed by atoms with Crippen molar-refractivity contribution in [1.82, 2.24) is 9.62 Å². The number of piperazine rings is 1. The molecule has 28 heavy (non-hydrogen) atoms. The second kappa shape index (κ2) is 9.33. The molecule has 0 radical (unpaired) electrons. The van der Waals surface area contributed by atoms with Gasteiger partial charge in [0.25, 0.3) is 0 Å².